The average Bonchev–Trinajstić information content (AvgIpc) is 2.91. The van der Waals surface area contributed by atoms with Gasteiger partial charge in [-0.15, -0.1) is 0 Å². The summed E-state index contributed by atoms with van der Waals surface area (Å²) in [6, 6.07) is 0. The molecule has 1 aliphatic heterocycles. The van der Waals surface area contributed by atoms with E-state index in [4.69, 9.17) is 9.47 Å². The van der Waals surface area contributed by atoms with Crippen LogP contribution in [0, 0.1) is 12.8 Å². The summed E-state index contributed by atoms with van der Waals surface area (Å²) in [6.45, 7) is 6.77. The molecule has 0 bridgehead atoms. The third kappa shape index (κ3) is 5.02. The van der Waals surface area contributed by atoms with Crippen molar-refractivity contribution in [2.24, 2.45) is 13.0 Å². The molecule has 0 radical (unpaired) electrons. The van der Waals surface area contributed by atoms with Crippen LogP contribution in [-0.2, 0) is 31.3 Å². The van der Waals surface area contributed by atoms with E-state index in [-0.39, 0.29) is 29.6 Å². The lowest BCUT2D eigenvalue weighted by molar-refractivity contribution is -0.151. The van der Waals surface area contributed by atoms with Gasteiger partial charge in [0.15, 0.2) is 5.03 Å². The lowest BCUT2D eigenvalue weighted by atomic mass is 9.98. The topological polar surface area (TPSA) is 90.7 Å². The Kier molecular flexibility index (Phi) is 6.59. The second-order valence-electron chi connectivity index (χ2n) is 6.50. The number of aryl methyl sites for hydroxylation is 2. The van der Waals surface area contributed by atoms with E-state index in [1.807, 2.05) is 13.8 Å². The van der Waals surface area contributed by atoms with E-state index in [1.54, 1.807) is 18.5 Å². The lowest BCUT2D eigenvalue weighted by Gasteiger charge is -2.29. The molecule has 1 aromatic heterocycles. The zero-order valence-electron chi connectivity index (χ0n) is 15.3. The molecular formula is C16H27N3O5S. The largest absolute Gasteiger partial charge is 0.463 e. The molecule has 142 valence electrons. The van der Waals surface area contributed by atoms with E-state index in [1.165, 1.54) is 10.5 Å². The highest BCUT2D eigenvalue weighted by Gasteiger charge is 2.34. The minimum Gasteiger partial charge on any atom is -0.463 e. The molecule has 0 atom stereocenters. The normalized spacial score (nSPS) is 17.2. The summed E-state index contributed by atoms with van der Waals surface area (Å²) in [4.78, 5) is 16.2. The Labute approximate surface area is 149 Å². The standard InChI is InChI=1S/C16H27N3O5S/c1-12(2)23-9-10-24-16(20)14-5-7-19(8-6-14)25(21,22)15-11-18(4)13(3)17-15/h11-12,14H,5-10H2,1-4H3. The first-order chi connectivity index (χ1) is 11.7. The first-order valence-electron chi connectivity index (χ1n) is 8.50. The summed E-state index contributed by atoms with van der Waals surface area (Å²) in [6.07, 6.45) is 2.52. The molecule has 25 heavy (non-hydrogen) atoms. The van der Waals surface area contributed by atoms with E-state index in [0.717, 1.165) is 0 Å². The molecule has 1 aliphatic rings. The van der Waals surface area contributed by atoms with Crippen LogP contribution < -0.4 is 0 Å². The highest BCUT2D eigenvalue weighted by molar-refractivity contribution is 7.89. The number of imidazole rings is 1. The molecular weight excluding hydrogens is 346 g/mol. The summed E-state index contributed by atoms with van der Waals surface area (Å²) in [7, 11) is -1.86. The molecule has 1 saturated heterocycles. The molecule has 1 fully saturated rings. The summed E-state index contributed by atoms with van der Waals surface area (Å²) in [5.74, 6) is 0.0923. The van der Waals surface area contributed by atoms with E-state index in [0.29, 0.717) is 38.4 Å². The van der Waals surface area contributed by atoms with Crippen LogP contribution in [0.4, 0.5) is 0 Å². The second kappa shape index (κ2) is 8.29. The van der Waals surface area contributed by atoms with Crippen LogP contribution in [0.5, 0.6) is 0 Å². The van der Waals surface area contributed by atoms with Gasteiger partial charge >= 0.3 is 5.97 Å². The Morgan fingerprint density at radius 1 is 1.32 bits per heavy atom. The third-order valence-electron chi connectivity index (χ3n) is 4.26. The summed E-state index contributed by atoms with van der Waals surface area (Å²) < 4.78 is 38.8. The van der Waals surface area contributed by atoms with Crippen molar-refractivity contribution in [2.45, 2.75) is 44.7 Å². The maximum atomic E-state index is 12.6. The van der Waals surface area contributed by atoms with Crippen LogP contribution in [0.2, 0.25) is 0 Å². The van der Waals surface area contributed by atoms with Crippen molar-refractivity contribution in [1.82, 2.24) is 13.9 Å². The van der Waals surface area contributed by atoms with Crippen molar-refractivity contribution >= 4 is 16.0 Å². The molecule has 0 aliphatic carbocycles. The van der Waals surface area contributed by atoms with Crippen LogP contribution in [0.15, 0.2) is 11.2 Å². The molecule has 0 spiro atoms. The number of sulfonamides is 1. The Bertz CT molecular complexity index is 671. The van der Waals surface area contributed by atoms with Crippen molar-refractivity contribution in [3.05, 3.63) is 12.0 Å². The Hall–Kier alpha value is -1.45. The summed E-state index contributed by atoms with van der Waals surface area (Å²) in [5.41, 5.74) is 0. The zero-order chi connectivity index (χ0) is 18.6. The van der Waals surface area contributed by atoms with Gasteiger partial charge in [0.25, 0.3) is 10.0 Å². The van der Waals surface area contributed by atoms with E-state index in [2.05, 4.69) is 4.98 Å². The van der Waals surface area contributed by atoms with Gasteiger partial charge in [0.05, 0.1) is 18.6 Å². The predicted octanol–water partition coefficient (Wildman–Crippen LogP) is 1.10. The van der Waals surface area contributed by atoms with Crippen LogP contribution in [-0.4, -0.2) is 60.7 Å². The molecule has 0 N–H and O–H groups in total. The van der Waals surface area contributed by atoms with E-state index in [9.17, 15) is 13.2 Å². The van der Waals surface area contributed by atoms with Gasteiger partial charge in [-0.3, -0.25) is 4.79 Å². The molecule has 0 unspecified atom stereocenters. The maximum Gasteiger partial charge on any atom is 0.309 e. The van der Waals surface area contributed by atoms with Gasteiger partial charge in [0.2, 0.25) is 0 Å². The fourth-order valence-electron chi connectivity index (χ4n) is 2.66. The quantitative estimate of drug-likeness (QED) is 0.525. The van der Waals surface area contributed by atoms with Gasteiger partial charge in [0.1, 0.15) is 12.4 Å². The Morgan fingerprint density at radius 2 is 1.96 bits per heavy atom. The fourth-order valence-corrected chi connectivity index (χ4v) is 4.15. The van der Waals surface area contributed by atoms with Crippen molar-refractivity contribution < 1.29 is 22.7 Å². The van der Waals surface area contributed by atoms with Crippen LogP contribution in [0.3, 0.4) is 0 Å². The number of carbonyl (C=O) groups excluding carboxylic acids is 1. The Balaban J connectivity index is 1.85. The number of esters is 1. The molecule has 2 rings (SSSR count). The van der Waals surface area contributed by atoms with Crippen molar-refractivity contribution in [3.63, 3.8) is 0 Å². The SMILES string of the molecule is Cc1nc(S(=O)(=O)N2CCC(C(=O)OCCOC(C)C)CC2)cn1C. The molecule has 1 aromatic rings. The number of piperidine rings is 1. The highest BCUT2D eigenvalue weighted by Crippen LogP contribution is 2.24. The minimum absolute atomic E-state index is 0.0550. The monoisotopic (exact) mass is 373 g/mol. The van der Waals surface area contributed by atoms with Crippen molar-refractivity contribution in [3.8, 4) is 0 Å². The molecule has 9 heteroatoms. The number of aromatic nitrogens is 2. The molecule has 0 amide bonds. The fraction of sp³-hybridized carbons (Fsp3) is 0.750. The van der Waals surface area contributed by atoms with Gasteiger partial charge in [-0.2, -0.15) is 4.31 Å². The number of hydrogen-bond donors (Lipinski definition) is 0. The van der Waals surface area contributed by atoms with Crippen molar-refractivity contribution in [2.75, 3.05) is 26.3 Å². The second-order valence-corrected chi connectivity index (χ2v) is 8.39. The maximum absolute atomic E-state index is 12.6. The summed E-state index contributed by atoms with van der Waals surface area (Å²) in [5, 5.41) is 0.0550. The number of nitrogens with zero attached hydrogens (tertiary/aromatic N) is 3. The number of rotatable bonds is 7. The van der Waals surface area contributed by atoms with Gasteiger partial charge in [0, 0.05) is 26.3 Å². The first-order valence-corrected chi connectivity index (χ1v) is 9.94. The molecule has 2 heterocycles. The molecule has 8 nitrogen and oxygen atoms in total. The Morgan fingerprint density at radius 3 is 2.48 bits per heavy atom. The van der Waals surface area contributed by atoms with Crippen LogP contribution in [0.1, 0.15) is 32.5 Å². The lowest BCUT2D eigenvalue weighted by Crippen LogP contribution is -2.40. The zero-order valence-corrected chi connectivity index (χ0v) is 16.1. The van der Waals surface area contributed by atoms with E-state index < -0.39 is 10.0 Å². The molecule has 0 saturated carbocycles. The average molecular weight is 373 g/mol. The number of carbonyl (C=O) groups is 1. The van der Waals surface area contributed by atoms with Gasteiger partial charge < -0.3 is 14.0 Å². The number of ether oxygens (including phenoxy) is 2. The van der Waals surface area contributed by atoms with Crippen LogP contribution in [0.25, 0.3) is 0 Å². The first kappa shape index (κ1) is 19.9. The van der Waals surface area contributed by atoms with Gasteiger partial charge in [-0.1, -0.05) is 0 Å². The van der Waals surface area contributed by atoms with Gasteiger partial charge in [-0.05, 0) is 33.6 Å². The predicted molar refractivity (Wildman–Crippen MR) is 91.5 cm³/mol. The van der Waals surface area contributed by atoms with Gasteiger partial charge in [-0.25, -0.2) is 13.4 Å². The van der Waals surface area contributed by atoms with Crippen LogP contribution >= 0.6 is 0 Å². The summed E-state index contributed by atoms with van der Waals surface area (Å²) >= 11 is 0. The van der Waals surface area contributed by atoms with E-state index >= 15 is 0 Å². The highest BCUT2D eigenvalue weighted by atomic mass is 32.2. The van der Waals surface area contributed by atoms with Crippen molar-refractivity contribution in [1.29, 1.82) is 0 Å². The number of hydrogen-bond acceptors (Lipinski definition) is 6. The smallest absolute Gasteiger partial charge is 0.309 e. The molecule has 0 aromatic carbocycles. The minimum atomic E-state index is -3.61. The third-order valence-corrected chi connectivity index (χ3v) is 6.03.